The summed E-state index contributed by atoms with van der Waals surface area (Å²) >= 11 is 1.75. The van der Waals surface area contributed by atoms with E-state index in [9.17, 15) is 0 Å². The first-order valence-corrected chi connectivity index (χ1v) is 7.42. The Morgan fingerprint density at radius 1 is 1.35 bits per heavy atom. The van der Waals surface area contributed by atoms with E-state index in [2.05, 4.69) is 56.5 Å². The Labute approximate surface area is 110 Å². The molecule has 1 heterocycles. The molecule has 0 aliphatic carbocycles. The molecule has 2 nitrogen and oxygen atoms in total. The number of nitrogens with two attached hydrogens (primary N) is 1. The molecular weight excluding hydrogens is 228 g/mol. The van der Waals surface area contributed by atoms with Crippen LogP contribution in [-0.4, -0.2) is 24.0 Å². The molecule has 0 amide bonds. The third-order valence-electron chi connectivity index (χ3n) is 3.81. The Hall–Kier alpha value is -0.380. The maximum absolute atomic E-state index is 6.31. The van der Waals surface area contributed by atoms with Gasteiger partial charge in [-0.25, -0.2) is 0 Å². The summed E-state index contributed by atoms with van der Waals surface area (Å²) in [5, 5.41) is 4.36. The molecule has 0 spiro atoms. The van der Waals surface area contributed by atoms with Crippen LogP contribution < -0.4 is 5.73 Å². The monoisotopic (exact) mass is 254 g/mol. The molecule has 3 unspecified atom stereocenters. The van der Waals surface area contributed by atoms with Gasteiger partial charge in [0.25, 0.3) is 0 Å². The van der Waals surface area contributed by atoms with Crippen LogP contribution >= 0.6 is 11.3 Å². The molecule has 1 rings (SSSR count). The zero-order chi connectivity index (χ0) is 13.0. The lowest BCUT2D eigenvalue weighted by molar-refractivity contribution is 0.128. The number of nitrogens with zero attached hydrogens (tertiary/aromatic N) is 1. The molecule has 0 aliphatic rings. The highest BCUT2D eigenvalue weighted by molar-refractivity contribution is 7.07. The Bertz CT molecular complexity index is 308. The Morgan fingerprint density at radius 2 is 2.00 bits per heavy atom. The molecule has 3 heteroatoms. The summed E-state index contributed by atoms with van der Waals surface area (Å²) in [4.78, 5) is 2.43. The zero-order valence-electron chi connectivity index (χ0n) is 11.7. The lowest BCUT2D eigenvalue weighted by Gasteiger charge is -2.38. The maximum atomic E-state index is 6.31. The number of hydrogen-bond acceptors (Lipinski definition) is 3. The lowest BCUT2D eigenvalue weighted by atomic mass is 9.95. The van der Waals surface area contributed by atoms with Crippen molar-refractivity contribution in [3.63, 3.8) is 0 Å². The quantitative estimate of drug-likeness (QED) is 0.842. The van der Waals surface area contributed by atoms with Crippen LogP contribution in [0.1, 0.15) is 45.7 Å². The van der Waals surface area contributed by atoms with Crippen molar-refractivity contribution in [3.05, 3.63) is 22.4 Å². The maximum Gasteiger partial charge on any atom is 0.0507 e. The minimum atomic E-state index is 0.204. The van der Waals surface area contributed by atoms with E-state index < -0.39 is 0 Å². The van der Waals surface area contributed by atoms with Gasteiger partial charge in [0, 0.05) is 12.1 Å². The van der Waals surface area contributed by atoms with E-state index in [4.69, 9.17) is 5.73 Å². The van der Waals surface area contributed by atoms with Crippen LogP contribution in [0.25, 0.3) is 0 Å². The second kappa shape index (κ2) is 6.53. The van der Waals surface area contributed by atoms with Gasteiger partial charge in [0.15, 0.2) is 0 Å². The summed E-state index contributed by atoms with van der Waals surface area (Å²) in [6.07, 6.45) is 1.01. The number of hydrogen-bond donors (Lipinski definition) is 1. The van der Waals surface area contributed by atoms with Crippen LogP contribution in [0.2, 0.25) is 0 Å². The summed E-state index contributed by atoms with van der Waals surface area (Å²) in [7, 11) is 2.20. The molecule has 0 aliphatic heterocycles. The topological polar surface area (TPSA) is 29.3 Å². The predicted molar refractivity (Wildman–Crippen MR) is 77.4 cm³/mol. The first-order valence-electron chi connectivity index (χ1n) is 6.48. The highest BCUT2D eigenvalue weighted by atomic mass is 32.1. The van der Waals surface area contributed by atoms with Crippen molar-refractivity contribution in [2.24, 2.45) is 11.7 Å². The molecule has 17 heavy (non-hydrogen) atoms. The summed E-state index contributed by atoms with van der Waals surface area (Å²) < 4.78 is 0. The van der Waals surface area contributed by atoms with Gasteiger partial charge >= 0.3 is 0 Å². The van der Waals surface area contributed by atoms with Crippen molar-refractivity contribution in [1.29, 1.82) is 0 Å². The van der Waals surface area contributed by atoms with E-state index in [-0.39, 0.29) is 6.04 Å². The van der Waals surface area contributed by atoms with Crippen molar-refractivity contribution in [2.75, 3.05) is 7.05 Å². The van der Waals surface area contributed by atoms with Gasteiger partial charge in [-0.1, -0.05) is 20.8 Å². The van der Waals surface area contributed by atoms with Gasteiger partial charge < -0.3 is 5.73 Å². The summed E-state index contributed by atoms with van der Waals surface area (Å²) in [6.45, 7) is 8.98. The average Bonchev–Trinajstić information content (AvgIpc) is 2.81. The van der Waals surface area contributed by atoms with Gasteiger partial charge in [-0.15, -0.1) is 0 Å². The molecule has 0 fully saturated rings. The standard InChI is InChI=1S/C14H26N2S/c1-6-13(15)14(12-7-8-17-9-12)16(5)11(4)10(2)3/h7-11,13-14H,6,15H2,1-5H3. The fourth-order valence-corrected chi connectivity index (χ4v) is 2.86. The van der Waals surface area contributed by atoms with Crippen LogP contribution in [0.3, 0.4) is 0 Å². The molecule has 0 bridgehead atoms. The highest BCUT2D eigenvalue weighted by Crippen LogP contribution is 2.29. The normalized spacial score (nSPS) is 17.4. The van der Waals surface area contributed by atoms with E-state index >= 15 is 0 Å². The van der Waals surface area contributed by atoms with Crippen molar-refractivity contribution < 1.29 is 0 Å². The molecule has 3 atom stereocenters. The van der Waals surface area contributed by atoms with E-state index in [1.54, 1.807) is 11.3 Å². The van der Waals surface area contributed by atoms with Crippen molar-refractivity contribution in [1.82, 2.24) is 4.90 Å². The van der Waals surface area contributed by atoms with Crippen LogP contribution in [0.15, 0.2) is 16.8 Å². The number of thiophene rings is 1. The smallest absolute Gasteiger partial charge is 0.0507 e. The summed E-state index contributed by atoms with van der Waals surface area (Å²) in [6, 6.07) is 3.28. The van der Waals surface area contributed by atoms with Gasteiger partial charge in [0.1, 0.15) is 0 Å². The van der Waals surface area contributed by atoms with Crippen molar-refractivity contribution in [2.45, 2.75) is 52.2 Å². The highest BCUT2D eigenvalue weighted by Gasteiger charge is 2.27. The van der Waals surface area contributed by atoms with Gasteiger partial charge in [0.2, 0.25) is 0 Å². The van der Waals surface area contributed by atoms with Crippen molar-refractivity contribution in [3.8, 4) is 0 Å². The number of rotatable bonds is 6. The van der Waals surface area contributed by atoms with Gasteiger partial charge in [0.05, 0.1) is 6.04 Å². The van der Waals surface area contributed by atoms with Crippen molar-refractivity contribution >= 4 is 11.3 Å². The molecule has 98 valence electrons. The Morgan fingerprint density at radius 3 is 2.41 bits per heavy atom. The third-order valence-corrected chi connectivity index (χ3v) is 4.51. The molecule has 1 aromatic rings. The molecular formula is C14H26N2S. The second-order valence-electron chi connectivity index (χ2n) is 5.22. The van der Waals surface area contributed by atoms with E-state index in [1.165, 1.54) is 5.56 Å². The number of likely N-dealkylation sites (N-methyl/N-ethyl adjacent to an activating group) is 1. The van der Waals surface area contributed by atoms with Gasteiger partial charge in [-0.05, 0) is 48.7 Å². The summed E-state index contributed by atoms with van der Waals surface area (Å²) in [5.41, 5.74) is 7.67. The van der Waals surface area contributed by atoms with Gasteiger partial charge in [-0.3, -0.25) is 4.90 Å². The Balaban J connectivity index is 2.91. The van der Waals surface area contributed by atoms with E-state index in [0.717, 1.165) is 6.42 Å². The lowest BCUT2D eigenvalue weighted by Crippen LogP contribution is -2.44. The first-order chi connectivity index (χ1) is 7.99. The molecule has 0 saturated heterocycles. The molecule has 1 aromatic heterocycles. The fraction of sp³-hybridized carbons (Fsp3) is 0.714. The first kappa shape index (κ1) is 14.7. The summed E-state index contributed by atoms with van der Waals surface area (Å²) in [5.74, 6) is 0.644. The molecule has 0 saturated carbocycles. The largest absolute Gasteiger partial charge is 0.326 e. The molecule has 0 radical (unpaired) electrons. The average molecular weight is 254 g/mol. The van der Waals surface area contributed by atoms with Crippen LogP contribution in [0.4, 0.5) is 0 Å². The molecule has 0 aromatic carbocycles. The minimum absolute atomic E-state index is 0.204. The zero-order valence-corrected chi connectivity index (χ0v) is 12.5. The van der Waals surface area contributed by atoms with Crippen LogP contribution in [-0.2, 0) is 0 Å². The van der Waals surface area contributed by atoms with Crippen LogP contribution in [0, 0.1) is 5.92 Å². The third kappa shape index (κ3) is 3.54. The predicted octanol–water partition coefficient (Wildman–Crippen LogP) is 3.50. The van der Waals surface area contributed by atoms with E-state index in [0.29, 0.717) is 18.0 Å². The SMILES string of the molecule is CCC(N)C(c1ccsc1)N(C)C(C)C(C)C. The Kier molecular flexibility index (Phi) is 5.63. The van der Waals surface area contributed by atoms with E-state index in [1.807, 2.05) is 0 Å². The second-order valence-corrected chi connectivity index (χ2v) is 6.00. The van der Waals surface area contributed by atoms with Gasteiger partial charge in [-0.2, -0.15) is 11.3 Å². The minimum Gasteiger partial charge on any atom is -0.326 e. The molecule has 2 N–H and O–H groups in total. The fourth-order valence-electron chi connectivity index (χ4n) is 2.17. The van der Waals surface area contributed by atoms with Crippen LogP contribution in [0.5, 0.6) is 0 Å².